The van der Waals surface area contributed by atoms with Gasteiger partial charge in [-0.15, -0.1) is 0 Å². The Labute approximate surface area is 156 Å². The van der Waals surface area contributed by atoms with Gasteiger partial charge in [0.25, 0.3) is 5.91 Å². The Morgan fingerprint density at radius 3 is 2.44 bits per heavy atom. The fourth-order valence-corrected chi connectivity index (χ4v) is 2.78. The molecule has 140 valence electrons. The number of para-hydroxylation sites is 1. The van der Waals surface area contributed by atoms with Crippen LogP contribution in [0.15, 0.2) is 54.6 Å². The Balaban J connectivity index is 1.47. The molecule has 1 unspecified atom stereocenters. The summed E-state index contributed by atoms with van der Waals surface area (Å²) in [6, 6.07) is 17.1. The molecule has 1 atom stereocenters. The van der Waals surface area contributed by atoms with Crippen LogP contribution in [0, 0.1) is 5.92 Å². The van der Waals surface area contributed by atoms with Crippen molar-refractivity contribution in [3.63, 3.8) is 0 Å². The van der Waals surface area contributed by atoms with Crippen molar-refractivity contribution in [2.45, 2.75) is 12.8 Å². The van der Waals surface area contributed by atoms with E-state index in [1.807, 2.05) is 48.5 Å². The van der Waals surface area contributed by atoms with E-state index < -0.39 is 5.91 Å². The Kier molecular flexibility index (Phi) is 6.04. The molecule has 7 heteroatoms. The Morgan fingerprint density at radius 1 is 1.00 bits per heavy atom. The smallest absolute Gasteiger partial charge is 0.306 e. The third-order valence-electron chi connectivity index (χ3n) is 4.08. The van der Waals surface area contributed by atoms with Crippen LogP contribution in [0.2, 0.25) is 0 Å². The standard InChI is InChI=1S/C20H20N2O5/c23-18(10-14-11-20(25)27-12-14)21-22-19(24)13-26-17-9-5-4-8-16(17)15-6-2-1-3-7-15/h1-9,14H,10-13H2,(H,21,23)(H,22,24). The molecule has 2 amide bonds. The van der Waals surface area contributed by atoms with Gasteiger partial charge in [-0.2, -0.15) is 0 Å². The molecule has 1 heterocycles. The van der Waals surface area contributed by atoms with E-state index in [9.17, 15) is 14.4 Å². The summed E-state index contributed by atoms with van der Waals surface area (Å²) in [4.78, 5) is 34.7. The van der Waals surface area contributed by atoms with E-state index in [-0.39, 0.29) is 43.8 Å². The van der Waals surface area contributed by atoms with E-state index in [0.717, 1.165) is 11.1 Å². The number of esters is 1. The fraction of sp³-hybridized carbons (Fsp3) is 0.250. The molecule has 27 heavy (non-hydrogen) atoms. The number of rotatable bonds is 6. The maximum absolute atomic E-state index is 11.9. The highest BCUT2D eigenvalue weighted by atomic mass is 16.5. The summed E-state index contributed by atoms with van der Waals surface area (Å²) >= 11 is 0. The largest absolute Gasteiger partial charge is 0.483 e. The lowest BCUT2D eigenvalue weighted by atomic mass is 10.1. The zero-order valence-electron chi connectivity index (χ0n) is 14.6. The predicted octanol–water partition coefficient (Wildman–Crippen LogP) is 1.83. The van der Waals surface area contributed by atoms with Crippen LogP contribution in [0.1, 0.15) is 12.8 Å². The van der Waals surface area contributed by atoms with Gasteiger partial charge in [0.15, 0.2) is 6.61 Å². The normalized spacial score (nSPS) is 15.7. The number of hydrogen-bond acceptors (Lipinski definition) is 5. The third kappa shape index (κ3) is 5.31. The van der Waals surface area contributed by atoms with Gasteiger partial charge < -0.3 is 9.47 Å². The van der Waals surface area contributed by atoms with Crippen LogP contribution >= 0.6 is 0 Å². The van der Waals surface area contributed by atoms with Crippen molar-refractivity contribution < 1.29 is 23.9 Å². The molecular formula is C20H20N2O5. The van der Waals surface area contributed by atoms with E-state index >= 15 is 0 Å². The van der Waals surface area contributed by atoms with Gasteiger partial charge >= 0.3 is 5.97 Å². The number of ether oxygens (including phenoxy) is 2. The summed E-state index contributed by atoms with van der Waals surface area (Å²) in [5.41, 5.74) is 6.49. The van der Waals surface area contributed by atoms with Gasteiger partial charge in [-0.05, 0) is 11.6 Å². The molecular weight excluding hydrogens is 348 g/mol. The SMILES string of the molecule is O=C(COc1ccccc1-c1ccccc1)NNC(=O)CC1COC(=O)C1. The van der Waals surface area contributed by atoms with Crippen LogP contribution in [-0.4, -0.2) is 31.0 Å². The monoisotopic (exact) mass is 368 g/mol. The molecule has 0 aromatic heterocycles. The van der Waals surface area contributed by atoms with Crippen molar-refractivity contribution in [2.24, 2.45) is 5.92 Å². The van der Waals surface area contributed by atoms with Crippen LogP contribution in [-0.2, 0) is 19.1 Å². The molecule has 0 radical (unpaired) electrons. The minimum atomic E-state index is -0.482. The second-order valence-electron chi connectivity index (χ2n) is 6.20. The second kappa shape index (κ2) is 8.84. The van der Waals surface area contributed by atoms with Crippen LogP contribution < -0.4 is 15.6 Å². The lowest BCUT2D eigenvalue weighted by Crippen LogP contribution is -2.44. The maximum Gasteiger partial charge on any atom is 0.306 e. The van der Waals surface area contributed by atoms with Gasteiger partial charge in [0.05, 0.1) is 13.0 Å². The highest BCUT2D eigenvalue weighted by molar-refractivity contribution is 5.83. The van der Waals surface area contributed by atoms with Crippen molar-refractivity contribution in [1.82, 2.24) is 10.9 Å². The second-order valence-corrected chi connectivity index (χ2v) is 6.20. The molecule has 7 nitrogen and oxygen atoms in total. The molecule has 0 spiro atoms. The van der Waals surface area contributed by atoms with Gasteiger partial charge in [-0.1, -0.05) is 48.5 Å². The topological polar surface area (TPSA) is 93.7 Å². The van der Waals surface area contributed by atoms with E-state index in [2.05, 4.69) is 10.9 Å². The lowest BCUT2D eigenvalue weighted by Gasteiger charge is -2.12. The van der Waals surface area contributed by atoms with Crippen molar-refractivity contribution in [2.75, 3.05) is 13.2 Å². The quantitative estimate of drug-likeness (QED) is 0.599. The Morgan fingerprint density at radius 2 is 1.70 bits per heavy atom. The highest BCUT2D eigenvalue weighted by Crippen LogP contribution is 2.29. The van der Waals surface area contributed by atoms with Gasteiger partial charge in [0, 0.05) is 17.9 Å². The first-order valence-electron chi connectivity index (χ1n) is 8.62. The van der Waals surface area contributed by atoms with Crippen LogP contribution in [0.4, 0.5) is 0 Å². The molecule has 1 aliphatic heterocycles. The van der Waals surface area contributed by atoms with E-state index in [4.69, 9.17) is 9.47 Å². The average molecular weight is 368 g/mol. The van der Waals surface area contributed by atoms with Gasteiger partial charge in [0.1, 0.15) is 5.75 Å². The molecule has 1 fully saturated rings. The number of amides is 2. The number of benzene rings is 2. The number of cyclic esters (lactones) is 1. The van der Waals surface area contributed by atoms with E-state index in [0.29, 0.717) is 5.75 Å². The average Bonchev–Trinajstić information content (AvgIpc) is 3.10. The van der Waals surface area contributed by atoms with E-state index in [1.54, 1.807) is 6.07 Å². The third-order valence-corrected chi connectivity index (χ3v) is 4.08. The minimum absolute atomic E-state index is 0.115. The molecule has 1 saturated heterocycles. The summed E-state index contributed by atoms with van der Waals surface area (Å²) in [6.45, 7) is -0.00522. The van der Waals surface area contributed by atoms with Crippen molar-refractivity contribution >= 4 is 17.8 Å². The first kappa shape index (κ1) is 18.4. The fourth-order valence-electron chi connectivity index (χ4n) is 2.78. The summed E-state index contributed by atoms with van der Waals surface area (Å²) in [5, 5.41) is 0. The number of hydrogen-bond donors (Lipinski definition) is 2. The molecule has 0 aliphatic carbocycles. The Hall–Kier alpha value is -3.35. The van der Waals surface area contributed by atoms with Crippen molar-refractivity contribution in [1.29, 1.82) is 0 Å². The number of carbonyl (C=O) groups excluding carboxylic acids is 3. The predicted molar refractivity (Wildman–Crippen MR) is 97.3 cm³/mol. The van der Waals surface area contributed by atoms with Crippen molar-refractivity contribution in [3.8, 4) is 16.9 Å². The lowest BCUT2D eigenvalue weighted by molar-refractivity contribution is -0.138. The van der Waals surface area contributed by atoms with Gasteiger partial charge in [-0.25, -0.2) is 0 Å². The molecule has 0 saturated carbocycles. The highest BCUT2D eigenvalue weighted by Gasteiger charge is 2.25. The molecule has 0 bridgehead atoms. The molecule has 2 N–H and O–H groups in total. The summed E-state index contributed by atoms with van der Waals surface area (Å²) in [7, 11) is 0. The summed E-state index contributed by atoms with van der Waals surface area (Å²) in [5.74, 6) is -0.737. The number of nitrogens with one attached hydrogen (secondary N) is 2. The summed E-state index contributed by atoms with van der Waals surface area (Å²) < 4.78 is 10.4. The number of carbonyl (C=O) groups is 3. The first-order valence-corrected chi connectivity index (χ1v) is 8.62. The Bertz CT molecular complexity index is 822. The first-order chi connectivity index (χ1) is 13.1. The molecule has 1 aliphatic rings. The minimum Gasteiger partial charge on any atom is -0.483 e. The van der Waals surface area contributed by atoms with Gasteiger partial charge in [-0.3, -0.25) is 25.2 Å². The molecule has 3 rings (SSSR count). The van der Waals surface area contributed by atoms with Crippen LogP contribution in [0.3, 0.4) is 0 Å². The summed E-state index contributed by atoms with van der Waals surface area (Å²) in [6.07, 6.45) is 0.338. The zero-order chi connectivity index (χ0) is 19.1. The maximum atomic E-state index is 11.9. The molecule has 2 aromatic rings. The van der Waals surface area contributed by atoms with Crippen LogP contribution in [0.25, 0.3) is 11.1 Å². The number of hydrazine groups is 1. The zero-order valence-corrected chi connectivity index (χ0v) is 14.6. The van der Waals surface area contributed by atoms with Crippen molar-refractivity contribution in [3.05, 3.63) is 54.6 Å². The molecule has 2 aromatic carbocycles. The van der Waals surface area contributed by atoms with Crippen LogP contribution in [0.5, 0.6) is 5.75 Å². The van der Waals surface area contributed by atoms with E-state index in [1.165, 1.54) is 0 Å². The van der Waals surface area contributed by atoms with Gasteiger partial charge in [0.2, 0.25) is 5.91 Å².